The lowest BCUT2D eigenvalue weighted by molar-refractivity contribution is 0.281. The standard InChI is InChI=1S/C15H24N2O/c1-4-7-17(13-5-6-13)15-9-12(10-18)8-14(16-15)11(2)3/h8-9,11,13,18H,4-7,10H2,1-3H3. The molecule has 0 radical (unpaired) electrons. The second-order valence-corrected chi connectivity index (χ2v) is 5.50. The summed E-state index contributed by atoms with van der Waals surface area (Å²) in [5.74, 6) is 1.45. The van der Waals surface area contributed by atoms with E-state index in [-0.39, 0.29) is 6.61 Å². The van der Waals surface area contributed by atoms with Crippen molar-refractivity contribution < 1.29 is 5.11 Å². The van der Waals surface area contributed by atoms with Crippen LogP contribution in [-0.2, 0) is 6.61 Å². The van der Waals surface area contributed by atoms with Crippen LogP contribution in [0.15, 0.2) is 12.1 Å². The average Bonchev–Trinajstić information content (AvgIpc) is 3.19. The monoisotopic (exact) mass is 248 g/mol. The van der Waals surface area contributed by atoms with Gasteiger partial charge in [0.05, 0.1) is 6.61 Å². The molecule has 1 saturated carbocycles. The summed E-state index contributed by atoms with van der Waals surface area (Å²) in [6, 6.07) is 4.73. The number of aliphatic hydroxyl groups is 1. The van der Waals surface area contributed by atoms with Crippen molar-refractivity contribution in [1.29, 1.82) is 0 Å². The first-order valence-corrected chi connectivity index (χ1v) is 7.04. The highest BCUT2D eigenvalue weighted by Gasteiger charge is 2.29. The first-order chi connectivity index (χ1) is 8.65. The molecule has 0 aromatic carbocycles. The third-order valence-corrected chi connectivity index (χ3v) is 3.41. The minimum atomic E-state index is 0.0971. The summed E-state index contributed by atoms with van der Waals surface area (Å²) in [7, 11) is 0. The number of aromatic nitrogens is 1. The van der Waals surface area contributed by atoms with E-state index in [0.717, 1.165) is 30.0 Å². The third kappa shape index (κ3) is 3.02. The fourth-order valence-electron chi connectivity index (χ4n) is 2.24. The molecule has 1 aromatic heterocycles. The molecule has 1 aromatic rings. The molecule has 0 aliphatic heterocycles. The summed E-state index contributed by atoms with van der Waals surface area (Å²) < 4.78 is 0. The van der Waals surface area contributed by atoms with Crippen LogP contribution in [0.2, 0.25) is 0 Å². The maximum absolute atomic E-state index is 9.39. The Morgan fingerprint density at radius 1 is 1.39 bits per heavy atom. The predicted octanol–water partition coefficient (Wildman–Crippen LogP) is 3.08. The first kappa shape index (κ1) is 13.3. The van der Waals surface area contributed by atoms with Gasteiger partial charge in [0.2, 0.25) is 0 Å². The van der Waals surface area contributed by atoms with Gasteiger partial charge in [0.15, 0.2) is 0 Å². The number of hydrogen-bond donors (Lipinski definition) is 1. The molecule has 0 amide bonds. The lowest BCUT2D eigenvalue weighted by atomic mass is 10.1. The molecule has 0 bridgehead atoms. The van der Waals surface area contributed by atoms with Gasteiger partial charge >= 0.3 is 0 Å². The SMILES string of the molecule is CCCN(c1cc(CO)cc(C(C)C)n1)C1CC1. The molecule has 3 nitrogen and oxygen atoms in total. The molecule has 2 rings (SSSR count). The number of aliphatic hydroxyl groups excluding tert-OH is 1. The van der Waals surface area contributed by atoms with Crippen LogP contribution in [0, 0.1) is 0 Å². The van der Waals surface area contributed by atoms with Crippen molar-refractivity contribution >= 4 is 5.82 Å². The number of rotatable bonds is 6. The molecule has 0 saturated heterocycles. The van der Waals surface area contributed by atoms with Crippen LogP contribution in [0.5, 0.6) is 0 Å². The van der Waals surface area contributed by atoms with Crippen LogP contribution in [-0.4, -0.2) is 22.7 Å². The van der Waals surface area contributed by atoms with Crippen molar-refractivity contribution in [3.63, 3.8) is 0 Å². The van der Waals surface area contributed by atoms with E-state index in [4.69, 9.17) is 4.98 Å². The van der Waals surface area contributed by atoms with Crippen molar-refractivity contribution in [1.82, 2.24) is 4.98 Å². The fourth-order valence-corrected chi connectivity index (χ4v) is 2.24. The summed E-state index contributed by atoms with van der Waals surface area (Å²) in [5.41, 5.74) is 2.06. The Balaban J connectivity index is 2.31. The molecule has 100 valence electrons. The van der Waals surface area contributed by atoms with E-state index in [1.54, 1.807) is 0 Å². The van der Waals surface area contributed by atoms with E-state index in [2.05, 4.69) is 25.7 Å². The molecule has 1 N–H and O–H groups in total. The van der Waals surface area contributed by atoms with Crippen LogP contribution in [0.25, 0.3) is 0 Å². The molecule has 0 unspecified atom stereocenters. The van der Waals surface area contributed by atoms with Gasteiger partial charge in [0.1, 0.15) is 5.82 Å². The van der Waals surface area contributed by atoms with Crippen molar-refractivity contribution in [3.8, 4) is 0 Å². The van der Waals surface area contributed by atoms with Gasteiger partial charge in [-0.3, -0.25) is 0 Å². The zero-order valence-electron chi connectivity index (χ0n) is 11.7. The summed E-state index contributed by atoms with van der Waals surface area (Å²) in [4.78, 5) is 7.18. The fraction of sp³-hybridized carbons (Fsp3) is 0.667. The van der Waals surface area contributed by atoms with E-state index < -0.39 is 0 Å². The minimum Gasteiger partial charge on any atom is -0.392 e. The van der Waals surface area contributed by atoms with Crippen LogP contribution in [0.4, 0.5) is 5.82 Å². The van der Waals surface area contributed by atoms with Gasteiger partial charge in [-0.25, -0.2) is 4.98 Å². The second kappa shape index (κ2) is 5.70. The number of nitrogens with zero attached hydrogens (tertiary/aromatic N) is 2. The van der Waals surface area contributed by atoms with Gasteiger partial charge in [0.25, 0.3) is 0 Å². The third-order valence-electron chi connectivity index (χ3n) is 3.41. The zero-order chi connectivity index (χ0) is 13.1. The van der Waals surface area contributed by atoms with Gasteiger partial charge < -0.3 is 10.0 Å². The maximum Gasteiger partial charge on any atom is 0.129 e. The summed E-state index contributed by atoms with van der Waals surface area (Å²) >= 11 is 0. The Hall–Kier alpha value is -1.09. The topological polar surface area (TPSA) is 36.4 Å². The molecule has 1 fully saturated rings. The Kier molecular flexibility index (Phi) is 4.23. The smallest absolute Gasteiger partial charge is 0.129 e. The van der Waals surface area contributed by atoms with E-state index in [9.17, 15) is 5.11 Å². The Bertz CT molecular complexity index is 399. The van der Waals surface area contributed by atoms with Crippen molar-refractivity contribution in [2.45, 2.75) is 58.6 Å². The van der Waals surface area contributed by atoms with Crippen LogP contribution in [0.3, 0.4) is 0 Å². The minimum absolute atomic E-state index is 0.0971. The highest BCUT2D eigenvalue weighted by molar-refractivity contribution is 5.45. The molecular formula is C15H24N2O. The van der Waals surface area contributed by atoms with Gasteiger partial charge in [0, 0.05) is 18.3 Å². The van der Waals surface area contributed by atoms with E-state index in [1.165, 1.54) is 12.8 Å². The Morgan fingerprint density at radius 3 is 2.61 bits per heavy atom. The molecular weight excluding hydrogens is 224 g/mol. The van der Waals surface area contributed by atoms with Crippen molar-refractivity contribution in [2.24, 2.45) is 0 Å². The summed E-state index contributed by atoms with van der Waals surface area (Å²) in [5, 5.41) is 9.39. The largest absolute Gasteiger partial charge is 0.392 e. The molecule has 1 heterocycles. The van der Waals surface area contributed by atoms with Crippen molar-refractivity contribution in [2.75, 3.05) is 11.4 Å². The zero-order valence-corrected chi connectivity index (χ0v) is 11.7. The van der Waals surface area contributed by atoms with Crippen LogP contribution >= 0.6 is 0 Å². The van der Waals surface area contributed by atoms with E-state index in [0.29, 0.717) is 12.0 Å². The van der Waals surface area contributed by atoms with Crippen LogP contribution in [0.1, 0.15) is 57.2 Å². The van der Waals surface area contributed by atoms with Gasteiger partial charge in [-0.1, -0.05) is 20.8 Å². The molecule has 1 aliphatic rings. The molecule has 1 aliphatic carbocycles. The first-order valence-electron chi connectivity index (χ1n) is 7.04. The molecule has 0 spiro atoms. The van der Waals surface area contributed by atoms with E-state index in [1.807, 2.05) is 12.1 Å². The number of anilines is 1. The Morgan fingerprint density at radius 2 is 2.11 bits per heavy atom. The second-order valence-electron chi connectivity index (χ2n) is 5.50. The highest BCUT2D eigenvalue weighted by Crippen LogP contribution is 2.32. The Labute approximate surface area is 110 Å². The lowest BCUT2D eigenvalue weighted by Crippen LogP contribution is -2.27. The number of hydrogen-bond acceptors (Lipinski definition) is 3. The molecule has 3 heteroatoms. The van der Waals surface area contributed by atoms with Crippen molar-refractivity contribution in [3.05, 3.63) is 23.4 Å². The van der Waals surface area contributed by atoms with Gasteiger partial charge in [-0.05, 0) is 42.9 Å². The van der Waals surface area contributed by atoms with E-state index >= 15 is 0 Å². The molecule has 18 heavy (non-hydrogen) atoms. The highest BCUT2D eigenvalue weighted by atomic mass is 16.3. The van der Waals surface area contributed by atoms with Gasteiger partial charge in [-0.15, -0.1) is 0 Å². The lowest BCUT2D eigenvalue weighted by Gasteiger charge is -2.24. The van der Waals surface area contributed by atoms with Crippen LogP contribution < -0.4 is 4.90 Å². The number of pyridine rings is 1. The van der Waals surface area contributed by atoms with Gasteiger partial charge in [-0.2, -0.15) is 0 Å². The summed E-state index contributed by atoms with van der Waals surface area (Å²) in [6.45, 7) is 7.65. The molecule has 0 atom stereocenters. The quantitative estimate of drug-likeness (QED) is 0.840. The average molecular weight is 248 g/mol. The predicted molar refractivity (Wildman–Crippen MR) is 74.9 cm³/mol. The normalized spacial score (nSPS) is 15.2. The maximum atomic E-state index is 9.39. The summed E-state index contributed by atoms with van der Waals surface area (Å²) in [6.07, 6.45) is 3.70.